The zero-order valence-electron chi connectivity index (χ0n) is 18.3. The van der Waals surface area contributed by atoms with Gasteiger partial charge in [-0.1, -0.05) is 13.0 Å². The van der Waals surface area contributed by atoms with Crippen LogP contribution < -0.4 is 15.5 Å². The Labute approximate surface area is 197 Å². The number of aliphatic imine (C=N–C) groups is 1. The molecule has 1 atom stereocenters. The molecule has 1 fully saturated rings. The third-order valence-corrected chi connectivity index (χ3v) is 6.14. The summed E-state index contributed by atoms with van der Waals surface area (Å²) in [7, 11) is -1.34. The van der Waals surface area contributed by atoms with Crippen LogP contribution in [0, 0.1) is 5.82 Å². The summed E-state index contributed by atoms with van der Waals surface area (Å²) in [4.78, 5) is 8.62. The summed E-state index contributed by atoms with van der Waals surface area (Å²) < 4.78 is 37.2. The molecule has 0 saturated carbocycles. The Kier molecular flexibility index (Phi) is 11.3. The van der Waals surface area contributed by atoms with E-state index in [2.05, 4.69) is 32.3 Å². The molecule has 7 nitrogen and oxygen atoms in total. The molecule has 172 valence electrons. The van der Waals surface area contributed by atoms with Crippen LogP contribution in [0.5, 0.6) is 0 Å². The molecule has 0 amide bonds. The Morgan fingerprint density at radius 1 is 1.27 bits per heavy atom. The molecule has 1 saturated heterocycles. The summed E-state index contributed by atoms with van der Waals surface area (Å²) in [5.74, 6) is 0.474. The third-order valence-electron chi connectivity index (χ3n) is 5.16. The van der Waals surface area contributed by atoms with E-state index in [4.69, 9.17) is 0 Å². The van der Waals surface area contributed by atoms with E-state index in [1.165, 1.54) is 6.26 Å². The van der Waals surface area contributed by atoms with Crippen LogP contribution in [0.4, 0.5) is 10.1 Å². The molecule has 10 heteroatoms. The van der Waals surface area contributed by atoms with Gasteiger partial charge in [-0.3, -0.25) is 4.99 Å². The fourth-order valence-corrected chi connectivity index (χ4v) is 4.08. The fraction of sp³-hybridized carbons (Fsp3) is 0.650. The van der Waals surface area contributed by atoms with Gasteiger partial charge in [-0.05, 0) is 37.6 Å². The summed E-state index contributed by atoms with van der Waals surface area (Å²) in [6, 6.07) is 5.29. The number of benzene rings is 1. The molecule has 2 N–H and O–H groups in total. The molecule has 0 bridgehead atoms. The van der Waals surface area contributed by atoms with Crippen LogP contribution in [0.15, 0.2) is 23.2 Å². The Morgan fingerprint density at radius 3 is 2.47 bits per heavy atom. The molecule has 30 heavy (non-hydrogen) atoms. The van der Waals surface area contributed by atoms with Crippen molar-refractivity contribution in [3.05, 3.63) is 29.6 Å². The maximum atomic E-state index is 14.7. The Bertz CT molecular complexity index is 798. The predicted octanol–water partition coefficient (Wildman–Crippen LogP) is 2.07. The molecule has 1 unspecified atom stereocenters. The van der Waals surface area contributed by atoms with E-state index in [-0.39, 0.29) is 41.6 Å². The normalized spacial score (nSPS) is 16.7. The van der Waals surface area contributed by atoms with Gasteiger partial charge in [-0.15, -0.1) is 24.0 Å². The van der Waals surface area contributed by atoms with Crippen molar-refractivity contribution in [1.82, 2.24) is 15.5 Å². The van der Waals surface area contributed by atoms with Crippen molar-refractivity contribution in [1.29, 1.82) is 0 Å². The lowest BCUT2D eigenvalue weighted by Gasteiger charge is -2.35. The van der Waals surface area contributed by atoms with Crippen LogP contribution in [0.1, 0.15) is 25.8 Å². The van der Waals surface area contributed by atoms with Gasteiger partial charge in [-0.25, -0.2) is 12.8 Å². The second kappa shape index (κ2) is 12.7. The van der Waals surface area contributed by atoms with Crippen LogP contribution in [-0.2, 0) is 16.4 Å². The second-order valence-electron chi connectivity index (χ2n) is 7.60. The van der Waals surface area contributed by atoms with E-state index in [0.717, 1.165) is 38.3 Å². The molecule has 1 aliphatic heterocycles. The minimum absolute atomic E-state index is 0. The lowest BCUT2D eigenvalue weighted by molar-refractivity contribution is 0.270. The number of hydrogen-bond acceptors (Lipinski definition) is 5. The van der Waals surface area contributed by atoms with E-state index in [1.807, 2.05) is 19.1 Å². The first-order valence-electron chi connectivity index (χ1n) is 10.1. The van der Waals surface area contributed by atoms with Gasteiger partial charge in [0.25, 0.3) is 0 Å². The van der Waals surface area contributed by atoms with Gasteiger partial charge < -0.3 is 20.4 Å². The summed E-state index contributed by atoms with van der Waals surface area (Å²) in [5, 5.41) is 6.32. The largest absolute Gasteiger partial charge is 0.367 e. The first-order chi connectivity index (χ1) is 13.7. The van der Waals surface area contributed by atoms with Crippen molar-refractivity contribution in [3.8, 4) is 0 Å². The van der Waals surface area contributed by atoms with Crippen molar-refractivity contribution in [3.63, 3.8) is 0 Å². The van der Waals surface area contributed by atoms with Crippen molar-refractivity contribution >= 4 is 45.5 Å². The number of rotatable bonds is 8. The van der Waals surface area contributed by atoms with Gasteiger partial charge in [0.15, 0.2) is 5.96 Å². The molecule has 1 heterocycles. The number of guanidine groups is 1. The maximum Gasteiger partial charge on any atom is 0.191 e. The number of halogens is 2. The first kappa shape index (κ1) is 26.9. The highest BCUT2D eigenvalue weighted by Crippen LogP contribution is 2.22. The molecular weight excluding hydrogens is 520 g/mol. The van der Waals surface area contributed by atoms with Gasteiger partial charge >= 0.3 is 0 Å². The van der Waals surface area contributed by atoms with Gasteiger partial charge in [-0.2, -0.15) is 0 Å². The smallest absolute Gasteiger partial charge is 0.191 e. The monoisotopic (exact) mass is 555 g/mol. The molecule has 1 aliphatic rings. The highest BCUT2D eigenvalue weighted by molar-refractivity contribution is 14.0. The maximum absolute atomic E-state index is 14.7. The summed E-state index contributed by atoms with van der Waals surface area (Å²) in [6.07, 6.45) is 1.73. The second-order valence-corrected chi connectivity index (χ2v) is 9.86. The Balaban J connectivity index is 0.00000450. The lowest BCUT2D eigenvalue weighted by atomic mass is 10.1. The minimum atomic E-state index is -2.99. The number of anilines is 1. The summed E-state index contributed by atoms with van der Waals surface area (Å²) in [6.45, 7) is 9.10. The zero-order valence-corrected chi connectivity index (χ0v) is 21.5. The number of hydrogen-bond donors (Lipinski definition) is 2. The van der Waals surface area contributed by atoms with E-state index in [9.17, 15) is 12.8 Å². The average molecular weight is 556 g/mol. The van der Waals surface area contributed by atoms with Crippen LogP contribution in [0.2, 0.25) is 0 Å². The van der Waals surface area contributed by atoms with Gasteiger partial charge in [0, 0.05) is 52.1 Å². The number of sulfone groups is 1. The van der Waals surface area contributed by atoms with E-state index in [0.29, 0.717) is 24.6 Å². The van der Waals surface area contributed by atoms with E-state index in [1.54, 1.807) is 13.1 Å². The average Bonchev–Trinajstić information content (AvgIpc) is 2.69. The van der Waals surface area contributed by atoms with Crippen molar-refractivity contribution in [2.45, 2.75) is 32.9 Å². The van der Waals surface area contributed by atoms with Crippen LogP contribution >= 0.6 is 24.0 Å². The molecule has 2 rings (SSSR count). The van der Waals surface area contributed by atoms with Crippen LogP contribution in [0.3, 0.4) is 0 Å². The zero-order chi connectivity index (χ0) is 21.4. The summed E-state index contributed by atoms with van der Waals surface area (Å²) in [5.41, 5.74) is 1.48. The van der Waals surface area contributed by atoms with Crippen molar-refractivity contribution < 1.29 is 12.8 Å². The van der Waals surface area contributed by atoms with Crippen LogP contribution in [0.25, 0.3) is 0 Å². The SMILES string of the molecule is CCN1CCN(c2ccc(CNC(=NC)NC(C)CCS(C)(=O)=O)cc2F)CC1.I. The quantitative estimate of drug-likeness (QED) is 0.291. The van der Waals surface area contributed by atoms with Crippen molar-refractivity contribution in [2.75, 3.05) is 56.7 Å². The number of piperazine rings is 1. The molecule has 0 spiro atoms. The minimum Gasteiger partial charge on any atom is -0.367 e. The number of likely N-dealkylation sites (N-methyl/N-ethyl adjacent to an activating group) is 1. The summed E-state index contributed by atoms with van der Waals surface area (Å²) >= 11 is 0. The fourth-order valence-electron chi connectivity index (χ4n) is 3.30. The molecule has 1 aromatic rings. The Morgan fingerprint density at radius 2 is 1.93 bits per heavy atom. The molecule has 0 aliphatic carbocycles. The van der Waals surface area contributed by atoms with Gasteiger partial charge in [0.2, 0.25) is 0 Å². The highest BCUT2D eigenvalue weighted by Gasteiger charge is 2.18. The topological polar surface area (TPSA) is 77.0 Å². The predicted molar refractivity (Wildman–Crippen MR) is 133 cm³/mol. The van der Waals surface area contributed by atoms with Crippen molar-refractivity contribution in [2.24, 2.45) is 4.99 Å². The van der Waals surface area contributed by atoms with Crippen LogP contribution in [-0.4, -0.2) is 77.1 Å². The molecule has 0 radical (unpaired) electrons. The molecule has 0 aromatic heterocycles. The first-order valence-corrected chi connectivity index (χ1v) is 12.2. The highest BCUT2D eigenvalue weighted by atomic mass is 127. The van der Waals surface area contributed by atoms with E-state index >= 15 is 0 Å². The third kappa shape index (κ3) is 8.93. The standard InChI is InChI=1S/C20H34FN5O2S.HI/c1-5-25-9-11-26(12-10-25)19-7-6-17(14-18(19)21)15-23-20(22-3)24-16(2)8-13-29(4,27)28;/h6-7,14,16H,5,8-13,15H2,1-4H3,(H2,22,23,24);1H. The lowest BCUT2D eigenvalue weighted by Crippen LogP contribution is -2.46. The van der Waals surface area contributed by atoms with Gasteiger partial charge in [0.1, 0.15) is 15.7 Å². The van der Waals surface area contributed by atoms with Gasteiger partial charge in [0.05, 0.1) is 11.4 Å². The van der Waals surface area contributed by atoms with E-state index < -0.39 is 9.84 Å². The Hall–Kier alpha value is -1.14. The molecular formula is C20H35FIN5O2S. The number of nitrogens with zero attached hydrogens (tertiary/aromatic N) is 3. The molecule has 1 aromatic carbocycles. The number of nitrogens with one attached hydrogen (secondary N) is 2.